The molecule has 1 saturated carbocycles. The number of likely N-dealkylation sites (tertiary alicyclic amines) is 1. The third-order valence-corrected chi connectivity index (χ3v) is 6.11. The maximum atomic E-state index is 13.0. The second-order valence-corrected chi connectivity index (χ2v) is 7.64. The van der Waals surface area contributed by atoms with Crippen molar-refractivity contribution in [2.75, 3.05) is 6.54 Å². The van der Waals surface area contributed by atoms with E-state index in [1.807, 2.05) is 10.9 Å². The van der Waals surface area contributed by atoms with Gasteiger partial charge in [-0.1, -0.05) is 12.8 Å². The van der Waals surface area contributed by atoms with E-state index in [1.54, 1.807) is 0 Å². The van der Waals surface area contributed by atoms with Crippen LogP contribution in [0.3, 0.4) is 0 Å². The van der Waals surface area contributed by atoms with Crippen molar-refractivity contribution >= 4 is 16.9 Å². The molecule has 2 fully saturated rings. The van der Waals surface area contributed by atoms with Crippen molar-refractivity contribution in [3.05, 3.63) is 29.6 Å². The van der Waals surface area contributed by atoms with Gasteiger partial charge in [0, 0.05) is 12.6 Å². The molecule has 0 bridgehead atoms. The zero-order valence-electron chi connectivity index (χ0n) is 14.8. The maximum Gasteiger partial charge on any atom is 0.242 e. The lowest BCUT2D eigenvalue weighted by atomic mass is 9.78. The number of imidazole rings is 1. The predicted octanol–water partition coefficient (Wildman–Crippen LogP) is 3.83. The van der Waals surface area contributed by atoms with Crippen LogP contribution in [0.25, 0.3) is 11.0 Å². The number of fused-ring (bicyclic) bond motifs is 2. The molecule has 2 aromatic rings. The van der Waals surface area contributed by atoms with Crippen molar-refractivity contribution in [2.45, 2.75) is 65.0 Å². The Morgan fingerprint density at radius 3 is 2.75 bits per heavy atom. The van der Waals surface area contributed by atoms with Gasteiger partial charge in [0.2, 0.25) is 5.91 Å². The first kappa shape index (κ1) is 15.7. The normalized spacial score (nSPS) is 24.2. The third kappa shape index (κ3) is 2.72. The summed E-state index contributed by atoms with van der Waals surface area (Å²) < 4.78 is 2.02. The number of carbonyl (C=O) groups excluding carboxylic acids is 1. The molecule has 24 heavy (non-hydrogen) atoms. The molecule has 2 aliphatic rings. The highest BCUT2D eigenvalue weighted by Gasteiger charge is 2.35. The summed E-state index contributed by atoms with van der Waals surface area (Å²) in [5.74, 6) is 1.00. The molecule has 4 heteroatoms. The highest BCUT2D eigenvalue weighted by molar-refractivity contribution is 5.81. The Morgan fingerprint density at radius 1 is 1.12 bits per heavy atom. The van der Waals surface area contributed by atoms with E-state index in [1.165, 1.54) is 43.2 Å². The number of benzene rings is 1. The van der Waals surface area contributed by atoms with Gasteiger partial charge in [0.1, 0.15) is 6.54 Å². The quantitative estimate of drug-likeness (QED) is 0.841. The van der Waals surface area contributed by atoms with Crippen LogP contribution in [0.15, 0.2) is 18.5 Å². The topological polar surface area (TPSA) is 38.1 Å². The van der Waals surface area contributed by atoms with Gasteiger partial charge in [-0.3, -0.25) is 4.79 Å². The van der Waals surface area contributed by atoms with Gasteiger partial charge in [0.25, 0.3) is 0 Å². The standard InChI is InChI=1S/C20H27N3O/c1-14-10-17-19(11-15(14)2)22(13-21-17)12-20(24)23-9-5-7-16-6-3-4-8-18(16)23/h10-11,13,16,18H,3-9,12H2,1-2H3/t16-,18+/m1/s1. The lowest BCUT2D eigenvalue weighted by Gasteiger charge is -2.44. The monoisotopic (exact) mass is 325 g/mol. The maximum absolute atomic E-state index is 13.0. The minimum absolute atomic E-state index is 0.268. The summed E-state index contributed by atoms with van der Waals surface area (Å²) in [5.41, 5.74) is 4.56. The summed E-state index contributed by atoms with van der Waals surface area (Å²) in [6.45, 7) is 5.58. The van der Waals surface area contributed by atoms with Gasteiger partial charge >= 0.3 is 0 Å². The fraction of sp³-hybridized carbons (Fsp3) is 0.600. The molecule has 0 unspecified atom stereocenters. The number of rotatable bonds is 2. The van der Waals surface area contributed by atoms with Crippen molar-refractivity contribution < 1.29 is 4.79 Å². The van der Waals surface area contributed by atoms with Crippen LogP contribution in [0, 0.1) is 19.8 Å². The summed E-state index contributed by atoms with van der Waals surface area (Å²) in [6.07, 6.45) is 9.41. The molecule has 0 spiro atoms. The molecular formula is C20H27N3O. The highest BCUT2D eigenvalue weighted by atomic mass is 16.2. The Hall–Kier alpha value is -1.84. The summed E-state index contributed by atoms with van der Waals surface area (Å²) in [5, 5.41) is 0. The van der Waals surface area contributed by atoms with Crippen molar-refractivity contribution in [3.8, 4) is 0 Å². The number of hydrogen-bond donors (Lipinski definition) is 0. The lowest BCUT2D eigenvalue weighted by Crippen LogP contribution is -2.50. The van der Waals surface area contributed by atoms with Crippen molar-refractivity contribution in [2.24, 2.45) is 5.92 Å². The number of amides is 1. The summed E-state index contributed by atoms with van der Waals surface area (Å²) >= 11 is 0. The van der Waals surface area contributed by atoms with Gasteiger partial charge in [0.15, 0.2) is 0 Å². The lowest BCUT2D eigenvalue weighted by molar-refractivity contribution is -0.138. The van der Waals surface area contributed by atoms with E-state index in [2.05, 4.69) is 35.9 Å². The number of nitrogens with zero attached hydrogens (tertiary/aromatic N) is 3. The molecule has 2 atom stereocenters. The van der Waals surface area contributed by atoms with Crippen LogP contribution in [0.2, 0.25) is 0 Å². The van der Waals surface area contributed by atoms with E-state index in [-0.39, 0.29) is 5.91 Å². The molecule has 1 aliphatic carbocycles. The Kier molecular flexibility index (Phi) is 4.07. The zero-order chi connectivity index (χ0) is 16.7. The van der Waals surface area contributed by atoms with E-state index in [4.69, 9.17) is 0 Å². The molecule has 4 rings (SSSR count). The number of aryl methyl sites for hydroxylation is 2. The van der Waals surface area contributed by atoms with Gasteiger partial charge in [0.05, 0.1) is 17.4 Å². The molecule has 1 aliphatic heterocycles. The van der Waals surface area contributed by atoms with Crippen LogP contribution < -0.4 is 0 Å². The SMILES string of the molecule is Cc1cc2ncn(CC(=O)N3CCC[C@H]4CCCC[C@@H]43)c2cc1C. The Balaban J connectivity index is 1.56. The molecule has 1 amide bonds. The van der Waals surface area contributed by atoms with Crippen LogP contribution in [0.1, 0.15) is 49.7 Å². The van der Waals surface area contributed by atoms with Crippen LogP contribution in [-0.2, 0) is 11.3 Å². The van der Waals surface area contributed by atoms with E-state index in [9.17, 15) is 4.79 Å². The molecule has 0 radical (unpaired) electrons. The van der Waals surface area contributed by atoms with Gasteiger partial charge < -0.3 is 9.47 Å². The van der Waals surface area contributed by atoms with Crippen molar-refractivity contribution in [1.29, 1.82) is 0 Å². The van der Waals surface area contributed by atoms with Crippen molar-refractivity contribution in [3.63, 3.8) is 0 Å². The van der Waals surface area contributed by atoms with Crippen LogP contribution in [0.4, 0.5) is 0 Å². The first-order valence-electron chi connectivity index (χ1n) is 9.35. The van der Waals surface area contributed by atoms with E-state index in [0.717, 1.165) is 29.9 Å². The second kappa shape index (κ2) is 6.23. The van der Waals surface area contributed by atoms with Gasteiger partial charge in [-0.25, -0.2) is 4.98 Å². The Bertz CT molecular complexity index is 762. The number of aromatic nitrogens is 2. The number of carbonyl (C=O) groups is 1. The largest absolute Gasteiger partial charge is 0.338 e. The highest BCUT2D eigenvalue weighted by Crippen LogP contribution is 2.35. The van der Waals surface area contributed by atoms with E-state index < -0.39 is 0 Å². The van der Waals surface area contributed by atoms with Gasteiger partial charge in [-0.05, 0) is 68.7 Å². The molecule has 1 saturated heterocycles. The summed E-state index contributed by atoms with van der Waals surface area (Å²) in [4.78, 5) is 19.7. The number of hydrogen-bond acceptors (Lipinski definition) is 2. The molecule has 4 nitrogen and oxygen atoms in total. The fourth-order valence-electron chi connectivity index (χ4n) is 4.61. The van der Waals surface area contributed by atoms with E-state index in [0.29, 0.717) is 12.6 Å². The molecule has 128 valence electrons. The Morgan fingerprint density at radius 2 is 1.88 bits per heavy atom. The smallest absolute Gasteiger partial charge is 0.242 e. The summed E-state index contributed by atoms with van der Waals surface area (Å²) in [7, 11) is 0. The summed E-state index contributed by atoms with van der Waals surface area (Å²) in [6, 6.07) is 4.76. The van der Waals surface area contributed by atoms with E-state index >= 15 is 0 Å². The van der Waals surface area contributed by atoms with Crippen LogP contribution in [0.5, 0.6) is 0 Å². The fourth-order valence-corrected chi connectivity index (χ4v) is 4.61. The molecular weight excluding hydrogens is 298 g/mol. The predicted molar refractivity (Wildman–Crippen MR) is 95.9 cm³/mol. The zero-order valence-corrected chi connectivity index (χ0v) is 14.8. The Labute approximate surface area is 143 Å². The average molecular weight is 325 g/mol. The van der Waals surface area contributed by atoms with Crippen LogP contribution >= 0.6 is 0 Å². The van der Waals surface area contributed by atoms with Crippen LogP contribution in [-0.4, -0.2) is 32.9 Å². The second-order valence-electron chi connectivity index (χ2n) is 7.64. The average Bonchev–Trinajstić information content (AvgIpc) is 2.96. The van der Waals surface area contributed by atoms with Gasteiger partial charge in [-0.15, -0.1) is 0 Å². The first-order valence-corrected chi connectivity index (χ1v) is 9.35. The van der Waals surface area contributed by atoms with Crippen molar-refractivity contribution in [1.82, 2.24) is 14.5 Å². The van der Waals surface area contributed by atoms with Gasteiger partial charge in [-0.2, -0.15) is 0 Å². The first-order chi connectivity index (χ1) is 11.6. The minimum Gasteiger partial charge on any atom is -0.338 e. The minimum atomic E-state index is 0.268. The molecule has 1 aromatic carbocycles. The molecule has 1 aromatic heterocycles. The number of piperidine rings is 1. The third-order valence-electron chi connectivity index (χ3n) is 6.11. The molecule has 0 N–H and O–H groups in total. The molecule has 2 heterocycles.